The molecule has 3 heteroatoms. The second kappa shape index (κ2) is 9.07. The van der Waals surface area contributed by atoms with E-state index < -0.39 is 0 Å². The van der Waals surface area contributed by atoms with Crippen LogP contribution in [0.2, 0.25) is 0 Å². The van der Waals surface area contributed by atoms with Crippen LogP contribution in [-0.2, 0) is 0 Å². The Bertz CT molecular complexity index is 1280. The summed E-state index contributed by atoms with van der Waals surface area (Å²) in [5.74, 6) is 0. The summed E-state index contributed by atoms with van der Waals surface area (Å²) in [7, 11) is 0. The van der Waals surface area contributed by atoms with E-state index in [1.807, 2.05) is 0 Å². The third kappa shape index (κ3) is 4.56. The van der Waals surface area contributed by atoms with Crippen molar-refractivity contribution in [2.24, 2.45) is 9.98 Å². The second-order valence-corrected chi connectivity index (χ2v) is 10.2. The van der Waals surface area contributed by atoms with Gasteiger partial charge in [-0.25, -0.2) is 0 Å². The molecular formula is C30H32N2S. The predicted molar refractivity (Wildman–Crippen MR) is 147 cm³/mol. The molecule has 1 heterocycles. The molecule has 0 radical (unpaired) electrons. The number of hydrogen-bond donors (Lipinski definition) is 0. The van der Waals surface area contributed by atoms with Gasteiger partial charge in [0, 0.05) is 10.8 Å². The first-order chi connectivity index (χ1) is 15.7. The van der Waals surface area contributed by atoms with Crippen LogP contribution < -0.4 is 0 Å². The van der Waals surface area contributed by atoms with Crippen LogP contribution in [0, 0.1) is 41.5 Å². The molecule has 168 valence electrons. The van der Waals surface area contributed by atoms with Crippen molar-refractivity contribution in [3.05, 3.63) is 91.7 Å². The minimum absolute atomic E-state index is 1.05. The number of aryl methyl sites for hydroxylation is 6. The molecule has 0 bridgehead atoms. The summed E-state index contributed by atoms with van der Waals surface area (Å²) in [4.78, 5) is 12.6. The average molecular weight is 453 g/mol. The molecule has 0 amide bonds. The second-order valence-electron chi connectivity index (χ2n) is 9.19. The highest BCUT2D eigenvalue weighted by Gasteiger charge is 2.16. The number of aliphatic imine (C=N–C) groups is 2. The van der Waals surface area contributed by atoms with Gasteiger partial charge in [0.2, 0.25) is 0 Å². The van der Waals surface area contributed by atoms with Gasteiger partial charge in [0.25, 0.3) is 0 Å². The van der Waals surface area contributed by atoms with E-state index in [-0.39, 0.29) is 0 Å². The monoisotopic (exact) mass is 452 g/mol. The summed E-state index contributed by atoms with van der Waals surface area (Å²) in [6.45, 7) is 17.1. The summed E-state index contributed by atoms with van der Waals surface area (Å²) < 4.78 is 0. The van der Waals surface area contributed by atoms with E-state index in [2.05, 4.69) is 104 Å². The van der Waals surface area contributed by atoms with Crippen LogP contribution >= 0.6 is 11.3 Å². The number of hydrogen-bond acceptors (Lipinski definition) is 3. The van der Waals surface area contributed by atoms with E-state index >= 15 is 0 Å². The Balaban J connectivity index is 1.86. The van der Waals surface area contributed by atoms with Crippen LogP contribution in [0.1, 0.15) is 57.0 Å². The SMILES string of the molecule is C/C(=N\c1c(C)cc(C)cc1C)c1sc(/C(C)=N/c2c(C)cc(C)cc2C)c2ccccc12. The van der Waals surface area contributed by atoms with Crippen LogP contribution in [-0.4, -0.2) is 11.4 Å². The highest BCUT2D eigenvalue weighted by molar-refractivity contribution is 7.18. The number of thiophene rings is 1. The molecule has 4 aromatic rings. The maximum Gasteiger partial charge on any atom is 0.0691 e. The lowest BCUT2D eigenvalue weighted by molar-refractivity contribution is 1.28. The largest absolute Gasteiger partial charge is 0.252 e. The molecule has 2 nitrogen and oxygen atoms in total. The number of benzene rings is 3. The van der Waals surface area contributed by atoms with E-state index in [0.29, 0.717) is 0 Å². The van der Waals surface area contributed by atoms with E-state index in [0.717, 1.165) is 22.8 Å². The Labute approximate surface area is 201 Å². The molecule has 0 unspecified atom stereocenters. The van der Waals surface area contributed by atoms with E-state index in [9.17, 15) is 0 Å². The lowest BCUT2D eigenvalue weighted by atomic mass is 10.0. The van der Waals surface area contributed by atoms with Crippen molar-refractivity contribution >= 4 is 44.9 Å². The Morgan fingerprint density at radius 3 is 1.24 bits per heavy atom. The Kier molecular flexibility index (Phi) is 6.36. The van der Waals surface area contributed by atoms with Crippen LogP contribution in [0.4, 0.5) is 11.4 Å². The maximum atomic E-state index is 5.10. The molecule has 4 rings (SSSR count). The molecule has 1 aromatic heterocycles. The van der Waals surface area contributed by atoms with Crippen molar-refractivity contribution < 1.29 is 0 Å². The molecular weight excluding hydrogens is 420 g/mol. The van der Waals surface area contributed by atoms with Crippen LogP contribution in [0.5, 0.6) is 0 Å². The van der Waals surface area contributed by atoms with Gasteiger partial charge in [-0.05, 0) is 77.6 Å². The molecule has 3 aromatic carbocycles. The van der Waals surface area contributed by atoms with Gasteiger partial charge in [-0.2, -0.15) is 0 Å². The lowest BCUT2D eigenvalue weighted by Gasteiger charge is -2.08. The van der Waals surface area contributed by atoms with Gasteiger partial charge in [-0.3, -0.25) is 9.98 Å². The topological polar surface area (TPSA) is 24.7 Å². The molecule has 33 heavy (non-hydrogen) atoms. The van der Waals surface area contributed by atoms with Crippen molar-refractivity contribution in [2.75, 3.05) is 0 Å². The molecule has 0 aliphatic heterocycles. The lowest BCUT2D eigenvalue weighted by Crippen LogP contribution is -1.93. The third-order valence-electron chi connectivity index (χ3n) is 6.11. The van der Waals surface area contributed by atoms with Crippen LogP contribution in [0.3, 0.4) is 0 Å². The van der Waals surface area contributed by atoms with Crippen molar-refractivity contribution in [2.45, 2.75) is 55.4 Å². The van der Waals surface area contributed by atoms with Crippen molar-refractivity contribution in [1.29, 1.82) is 0 Å². The highest BCUT2D eigenvalue weighted by Crippen LogP contribution is 2.35. The molecule has 0 saturated heterocycles. The fraction of sp³-hybridized carbons (Fsp3) is 0.267. The average Bonchev–Trinajstić information content (AvgIpc) is 3.13. The summed E-state index contributed by atoms with van der Waals surface area (Å²) in [6.07, 6.45) is 0. The van der Waals surface area contributed by atoms with Crippen molar-refractivity contribution in [3.63, 3.8) is 0 Å². The fourth-order valence-electron chi connectivity index (χ4n) is 4.76. The summed E-state index contributed by atoms with van der Waals surface area (Å²) in [5.41, 5.74) is 11.7. The zero-order chi connectivity index (χ0) is 23.9. The molecule has 0 saturated carbocycles. The normalized spacial score (nSPS) is 12.6. The minimum atomic E-state index is 1.05. The first-order valence-corrected chi connectivity index (χ1v) is 12.3. The van der Waals surface area contributed by atoms with Gasteiger partial charge in [0.1, 0.15) is 0 Å². The van der Waals surface area contributed by atoms with Gasteiger partial charge in [0.05, 0.1) is 32.6 Å². The molecule has 0 aliphatic rings. The van der Waals surface area contributed by atoms with Gasteiger partial charge >= 0.3 is 0 Å². The summed E-state index contributed by atoms with van der Waals surface area (Å²) >= 11 is 1.80. The molecule has 0 spiro atoms. The smallest absolute Gasteiger partial charge is 0.0691 e. The zero-order valence-electron chi connectivity index (χ0n) is 20.9. The van der Waals surface area contributed by atoms with Gasteiger partial charge in [-0.15, -0.1) is 11.3 Å². The Hall–Kier alpha value is -3.04. The third-order valence-corrected chi connectivity index (χ3v) is 7.55. The van der Waals surface area contributed by atoms with Gasteiger partial charge in [0.15, 0.2) is 0 Å². The molecule has 0 aliphatic carbocycles. The zero-order valence-corrected chi connectivity index (χ0v) is 21.7. The summed E-state index contributed by atoms with van der Waals surface area (Å²) in [6, 6.07) is 17.5. The fourth-order valence-corrected chi connectivity index (χ4v) is 5.93. The first kappa shape index (κ1) is 23.1. The van der Waals surface area contributed by atoms with E-state index in [1.54, 1.807) is 11.3 Å². The van der Waals surface area contributed by atoms with Crippen LogP contribution in [0.15, 0.2) is 58.5 Å². The quantitative estimate of drug-likeness (QED) is 0.276. The maximum absolute atomic E-state index is 5.10. The van der Waals surface area contributed by atoms with E-state index in [4.69, 9.17) is 9.98 Å². The number of fused-ring (bicyclic) bond motifs is 1. The molecule has 0 fully saturated rings. The van der Waals surface area contributed by atoms with Crippen molar-refractivity contribution in [1.82, 2.24) is 0 Å². The highest BCUT2D eigenvalue weighted by atomic mass is 32.1. The predicted octanol–water partition coefficient (Wildman–Crippen LogP) is 9.03. The standard InChI is InChI=1S/C30H32N2S/c1-17-13-19(3)27(20(4)14-17)31-23(7)29-25-11-9-10-12-26(25)30(33-29)24(8)32-28-21(5)15-18(2)16-22(28)6/h9-16H,1-8H3/b31-23+,32-24+. The van der Waals surface area contributed by atoms with Gasteiger partial charge < -0.3 is 0 Å². The Morgan fingerprint density at radius 2 is 0.909 bits per heavy atom. The van der Waals surface area contributed by atoms with Crippen LogP contribution in [0.25, 0.3) is 10.8 Å². The number of nitrogens with zero attached hydrogens (tertiary/aromatic N) is 2. The molecule has 0 N–H and O–H groups in total. The van der Waals surface area contributed by atoms with Crippen molar-refractivity contribution in [3.8, 4) is 0 Å². The molecule has 0 atom stereocenters. The minimum Gasteiger partial charge on any atom is -0.252 e. The Morgan fingerprint density at radius 1 is 0.576 bits per heavy atom. The number of rotatable bonds is 4. The van der Waals surface area contributed by atoms with Gasteiger partial charge in [-0.1, -0.05) is 59.7 Å². The first-order valence-electron chi connectivity index (χ1n) is 11.4. The summed E-state index contributed by atoms with van der Waals surface area (Å²) in [5, 5.41) is 2.49. The van der Waals surface area contributed by atoms with E-state index in [1.165, 1.54) is 53.9 Å².